The maximum Gasteiger partial charge on any atom is 0.261 e. The minimum Gasteiger partial charge on any atom is -0.463 e. The number of furan rings is 1. The zero-order valence-electron chi connectivity index (χ0n) is 18.0. The van der Waals surface area contributed by atoms with E-state index < -0.39 is 5.56 Å². The zero-order chi connectivity index (χ0) is 22.5. The van der Waals surface area contributed by atoms with Crippen LogP contribution in [0.4, 0.5) is 5.69 Å². The maximum atomic E-state index is 12.8. The first-order valence-electron chi connectivity index (χ1n) is 10.7. The molecule has 8 nitrogen and oxygen atoms in total. The molecular formula is C24H26N4O4. The van der Waals surface area contributed by atoms with Crippen molar-refractivity contribution in [3.05, 3.63) is 76.3 Å². The summed E-state index contributed by atoms with van der Waals surface area (Å²) in [6, 6.07) is 14.4. The Morgan fingerprint density at radius 1 is 1.03 bits per heavy atom. The molecule has 8 heteroatoms. The predicted octanol–water partition coefficient (Wildman–Crippen LogP) is 2.59. The molecule has 166 valence electrons. The molecule has 2 amide bonds. The summed E-state index contributed by atoms with van der Waals surface area (Å²) in [6.45, 7) is 4.36. The van der Waals surface area contributed by atoms with Gasteiger partial charge < -0.3 is 19.6 Å². The van der Waals surface area contributed by atoms with E-state index in [0.29, 0.717) is 37.6 Å². The van der Waals surface area contributed by atoms with Gasteiger partial charge >= 0.3 is 0 Å². The smallest absolute Gasteiger partial charge is 0.261 e. The van der Waals surface area contributed by atoms with Crippen molar-refractivity contribution in [1.29, 1.82) is 0 Å². The highest BCUT2D eigenvalue weighted by Crippen LogP contribution is 2.17. The van der Waals surface area contributed by atoms with E-state index in [2.05, 4.69) is 17.2 Å². The molecule has 3 aromatic rings. The summed E-state index contributed by atoms with van der Waals surface area (Å²) in [5, 5.41) is 2.98. The molecule has 1 fully saturated rings. The number of benzene rings is 1. The van der Waals surface area contributed by atoms with Crippen LogP contribution in [0.25, 0.3) is 11.5 Å². The second-order valence-corrected chi connectivity index (χ2v) is 7.72. The number of anilines is 1. The molecule has 0 aliphatic carbocycles. The Hall–Kier alpha value is -3.65. The number of nitrogens with one attached hydrogen (secondary N) is 2. The van der Waals surface area contributed by atoms with Crippen molar-refractivity contribution in [1.82, 2.24) is 14.8 Å². The SMILES string of the molecule is CCc1ccccc1NC(=O)CN1CCN(C(=O)c2ccc(-c3ccco3)[nH]c2=O)CC1. The Labute approximate surface area is 185 Å². The van der Waals surface area contributed by atoms with Gasteiger partial charge in [0.15, 0.2) is 0 Å². The highest BCUT2D eigenvalue weighted by Gasteiger charge is 2.25. The van der Waals surface area contributed by atoms with E-state index in [1.54, 1.807) is 23.1 Å². The first kappa shape index (κ1) is 21.6. The van der Waals surface area contributed by atoms with Gasteiger partial charge in [-0.05, 0) is 42.3 Å². The van der Waals surface area contributed by atoms with Crippen LogP contribution in [0, 0.1) is 0 Å². The minimum absolute atomic E-state index is 0.0735. The monoisotopic (exact) mass is 434 g/mol. The van der Waals surface area contributed by atoms with Crippen LogP contribution in [0.2, 0.25) is 0 Å². The number of nitrogens with zero attached hydrogens (tertiary/aromatic N) is 2. The van der Waals surface area contributed by atoms with Gasteiger partial charge in [-0.2, -0.15) is 0 Å². The fourth-order valence-corrected chi connectivity index (χ4v) is 3.84. The van der Waals surface area contributed by atoms with Crippen LogP contribution in [0.1, 0.15) is 22.8 Å². The van der Waals surface area contributed by atoms with Gasteiger partial charge in [0, 0.05) is 31.9 Å². The first-order valence-corrected chi connectivity index (χ1v) is 10.7. The summed E-state index contributed by atoms with van der Waals surface area (Å²) in [6.07, 6.45) is 2.37. The summed E-state index contributed by atoms with van der Waals surface area (Å²) in [4.78, 5) is 44.1. The summed E-state index contributed by atoms with van der Waals surface area (Å²) in [7, 11) is 0. The van der Waals surface area contributed by atoms with Crippen LogP contribution >= 0.6 is 0 Å². The molecule has 0 saturated carbocycles. The van der Waals surface area contributed by atoms with Crippen LogP contribution in [0.3, 0.4) is 0 Å². The molecule has 1 aliphatic heterocycles. The Morgan fingerprint density at radius 2 is 1.81 bits per heavy atom. The number of amides is 2. The van der Waals surface area contributed by atoms with E-state index in [9.17, 15) is 14.4 Å². The van der Waals surface area contributed by atoms with Crippen molar-refractivity contribution in [3.8, 4) is 11.5 Å². The van der Waals surface area contributed by atoms with Crippen molar-refractivity contribution in [2.24, 2.45) is 0 Å². The quantitative estimate of drug-likeness (QED) is 0.621. The van der Waals surface area contributed by atoms with E-state index in [-0.39, 0.29) is 23.9 Å². The third kappa shape index (κ3) is 4.81. The van der Waals surface area contributed by atoms with Crippen molar-refractivity contribution in [2.45, 2.75) is 13.3 Å². The van der Waals surface area contributed by atoms with Gasteiger partial charge in [-0.25, -0.2) is 0 Å². The van der Waals surface area contributed by atoms with E-state index in [0.717, 1.165) is 17.7 Å². The van der Waals surface area contributed by atoms with Gasteiger partial charge in [0.25, 0.3) is 11.5 Å². The summed E-state index contributed by atoms with van der Waals surface area (Å²) < 4.78 is 5.28. The molecule has 0 spiro atoms. The fourth-order valence-electron chi connectivity index (χ4n) is 3.84. The molecule has 0 bridgehead atoms. The zero-order valence-corrected chi connectivity index (χ0v) is 18.0. The lowest BCUT2D eigenvalue weighted by Gasteiger charge is -2.34. The molecule has 0 unspecified atom stereocenters. The molecule has 1 saturated heterocycles. The number of aromatic amines is 1. The van der Waals surface area contributed by atoms with Crippen LogP contribution in [-0.2, 0) is 11.2 Å². The molecule has 0 atom stereocenters. The van der Waals surface area contributed by atoms with E-state index in [1.165, 1.54) is 12.3 Å². The number of rotatable bonds is 6. The van der Waals surface area contributed by atoms with Crippen LogP contribution < -0.4 is 10.9 Å². The van der Waals surface area contributed by atoms with Crippen molar-refractivity contribution in [3.63, 3.8) is 0 Å². The first-order chi connectivity index (χ1) is 15.5. The number of piperazine rings is 1. The second-order valence-electron chi connectivity index (χ2n) is 7.72. The Kier molecular flexibility index (Phi) is 6.51. The molecule has 1 aliphatic rings. The number of carbonyl (C=O) groups is 2. The molecule has 2 N–H and O–H groups in total. The van der Waals surface area contributed by atoms with Gasteiger partial charge in [-0.15, -0.1) is 0 Å². The topological polar surface area (TPSA) is 98.7 Å². The van der Waals surface area contributed by atoms with E-state index in [4.69, 9.17) is 4.42 Å². The average molecular weight is 434 g/mol. The highest BCUT2D eigenvalue weighted by atomic mass is 16.3. The minimum atomic E-state index is -0.444. The third-order valence-corrected chi connectivity index (χ3v) is 5.63. The number of H-pyrrole nitrogens is 1. The Bertz CT molecular complexity index is 1140. The lowest BCUT2D eigenvalue weighted by molar-refractivity contribution is -0.117. The van der Waals surface area contributed by atoms with Gasteiger partial charge in [0.05, 0.1) is 18.5 Å². The standard InChI is InChI=1S/C24H26N4O4/c1-2-17-6-3-4-7-19(17)25-22(29)16-27-11-13-28(14-12-27)24(31)18-9-10-20(26-23(18)30)21-8-5-15-32-21/h3-10,15H,2,11-14,16H2,1H3,(H,25,29)(H,26,30). The third-order valence-electron chi connectivity index (χ3n) is 5.63. The van der Waals surface area contributed by atoms with Gasteiger partial charge in [-0.1, -0.05) is 25.1 Å². The van der Waals surface area contributed by atoms with E-state index in [1.807, 2.05) is 29.2 Å². The van der Waals surface area contributed by atoms with Gasteiger partial charge in [0.1, 0.15) is 11.3 Å². The molecule has 1 aromatic carbocycles. The number of aromatic nitrogens is 1. The predicted molar refractivity (Wildman–Crippen MR) is 122 cm³/mol. The molecule has 2 aromatic heterocycles. The van der Waals surface area contributed by atoms with Crippen molar-refractivity contribution >= 4 is 17.5 Å². The fraction of sp³-hybridized carbons (Fsp3) is 0.292. The van der Waals surface area contributed by atoms with Crippen LogP contribution in [-0.4, -0.2) is 59.3 Å². The lowest BCUT2D eigenvalue weighted by Crippen LogP contribution is -2.51. The Balaban J connectivity index is 1.32. The van der Waals surface area contributed by atoms with Gasteiger partial charge in [-0.3, -0.25) is 19.3 Å². The van der Waals surface area contributed by atoms with E-state index >= 15 is 0 Å². The Morgan fingerprint density at radius 3 is 2.50 bits per heavy atom. The average Bonchev–Trinajstić information content (AvgIpc) is 3.34. The molecule has 32 heavy (non-hydrogen) atoms. The van der Waals surface area contributed by atoms with Crippen LogP contribution in [0.5, 0.6) is 0 Å². The molecular weight excluding hydrogens is 408 g/mol. The van der Waals surface area contributed by atoms with Crippen LogP contribution in [0.15, 0.2) is 64.0 Å². The number of hydrogen-bond acceptors (Lipinski definition) is 5. The lowest BCUT2D eigenvalue weighted by atomic mass is 10.1. The number of aryl methyl sites for hydroxylation is 1. The molecule has 4 rings (SSSR count). The van der Waals surface area contributed by atoms with Gasteiger partial charge in [0.2, 0.25) is 5.91 Å². The maximum absolute atomic E-state index is 12.8. The molecule has 3 heterocycles. The second kappa shape index (κ2) is 9.65. The van der Waals surface area contributed by atoms with Crippen molar-refractivity contribution in [2.75, 3.05) is 38.0 Å². The largest absolute Gasteiger partial charge is 0.463 e. The number of para-hydroxylation sites is 1. The highest BCUT2D eigenvalue weighted by molar-refractivity contribution is 5.94. The normalized spacial score (nSPS) is 14.3. The molecule has 0 radical (unpaired) electrons. The summed E-state index contributed by atoms with van der Waals surface area (Å²) in [5.41, 5.74) is 2.12. The van der Waals surface area contributed by atoms with Crippen molar-refractivity contribution < 1.29 is 14.0 Å². The number of pyridine rings is 1. The number of carbonyl (C=O) groups excluding carboxylic acids is 2. The number of hydrogen-bond donors (Lipinski definition) is 2. The summed E-state index contributed by atoms with van der Waals surface area (Å²) in [5.74, 6) is 0.156. The summed E-state index contributed by atoms with van der Waals surface area (Å²) >= 11 is 0.